The molecule has 0 spiro atoms. The van der Waals surface area contributed by atoms with Gasteiger partial charge in [0.15, 0.2) is 0 Å². The van der Waals surface area contributed by atoms with Crippen LogP contribution in [0.4, 0.5) is 0 Å². The number of fused-ring (bicyclic) bond motifs is 7. The van der Waals surface area contributed by atoms with Gasteiger partial charge in [0, 0.05) is 11.8 Å². The Labute approximate surface area is 106 Å². The van der Waals surface area contributed by atoms with Crippen LogP contribution in [0.15, 0.2) is 48.5 Å². The molecular formula is C16H13Cl. The summed E-state index contributed by atoms with van der Waals surface area (Å²) in [5.74, 6) is 0.913. The molecule has 0 aromatic heterocycles. The Morgan fingerprint density at radius 2 is 1.47 bits per heavy atom. The molecule has 0 heterocycles. The van der Waals surface area contributed by atoms with Crippen LogP contribution in [0.5, 0.6) is 0 Å². The minimum atomic E-state index is 0.238. The third-order valence-corrected chi connectivity index (χ3v) is 4.82. The molecule has 2 aliphatic carbocycles. The average Bonchev–Trinajstić information content (AvgIpc) is 2.56. The number of benzene rings is 2. The molecule has 0 radical (unpaired) electrons. The highest BCUT2D eigenvalue weighted by Crippen LogP contribution is 2.53. The third kappa shape index (κ3) is 1.19. The minimum Gasteiger partial charge on any atom is -0.121 e. The van der Waals surface area contributed by atoms with E-state index in [4.69, 9.17) is 11.6 Å². The van der Waals surface area contributed by atoms with Gasteiger partial charge in [-0.05, 0) is 28.7 Å². The van der Waals surface area contributed by atoms with E-state index in [1.807, 2.05) is 0 Å². The number of halogens is 1. The highest BCUT2D eigenvalue weighted by Gasteiger charge is 2.44. The maximum atomic E-state index is 6.67. The molecule has 2 aromatic rings. The van der Waals surface area contributed by atoms with Gasteiger partial charge in [-0.25, -0.2) is 0 Å². The van der Waals surface area contributed by atoms with Crippen molar-refractivity contribution in [3.63, 3.8) is 0 Å². The maximum Gasteiger partial charge on any atom is 0.0517 e. The fourth-order valence-corrected chi connectivity index (χ4v) is 4.03. The molecule has 2 bridgehead atoms. The van der Waals surface area contributed by atoms with Gasteiger partial charge in [-0.3, -0.25) is 0 Å². The first-order valence-corrected chi connectivity index (χ1v) is 6.60. The van der Waals surface area contributed by atoms with Crippen LogP contribution >= 0.6 is 11.6 Å². The van der Waals surface area contributed by atoms with Gasteiger partial charge in [-0.1, -0.05) is 48.5 Å². The van der Waals surface area contributed by atoms with E-state index in [-0.39, 0.29) is 5.38 Å². The SMILES string of the molecule is Cl[C@@H]1[C@@H]2c3ccccc3C[C@H]1c1ccccc12. The van der Waals surface area contributed by atoms with Crippen molar-refractivity contribution in [3.05, 3.63) is 70.8 Å². The Morgan fingerprint density at radius 1 is 0.824 bits per heavy atom. The lowest BCUT2D eigenvalue weighted by molar-refractivity contribution is 0.602. The van der Waals surface area contributed by atoms with Crippen LogP contribution in [0.3, 0.4) is 0 Å². The molecule has 84 valence electrons. The fraction of sp³-hybridized carbons (Fsp3) is 0.250. The zero-order chi connectivity index (χ0) is 11.4. The van der Waals surface area contributed by atoms with E-state index in [0.717, 1.165) is 6.42 Å². The number of rotatable bonds is 0. The minimum absolute atomic E-state index is 0.238. The van der Waals surface area contributed by atoms with Crippen LogP contribution in [0, 0.1) is 0 Å². The summed E-state index contributed by atoms with van der Waals surface area (Å²) in [7, 11) is 0. The van der Waals surface area contributed by atoms with Gasteiger partial charge in [0.1, 0.15) is 0 Å². The Hall–Kier alpha value is -1.27. The number of alkyl halides is 1. The zero-order valence-electron chi connectivity index (χ0n) is 9.44. The summed E-state index contributed by atoms with van der Waals surface area (Å²) in [5, 5.41) is 0.238. The zero-order valence-corrected chi connectivity index (χ0v) is 10.2. The van der Waals surface area contributed by atoms with Gasteiger partial charge in [0.25, 0.3) is 0 Å². The smallest absolute Gasteiger partial charge is 0.0517 e. The van der Waals surface area contributed by atoms with Crippen molar-refractivity contribution in [1.82, 2.24) is 0 Å². The lowest BCUT2D eigenvalue weighted by Crippen LogP contribution is -2.22. The summed E-state index contributed by atoms with van der Waals surface area (Å²) in [6, 6.07) is 17.5. The summed E-state index contributed by atoms with van der Waals surface area (Å²) in [5.41, 5.74) is 5.83. The first-order chi connectivity index (χ1) is 8.36. The first kappa shape index (κ1) is 9.73. The Morgan fingerprint density at radius 3 is 2.29 bits per heavy atom. The van der Waals surface area contributed by atoms with Crippen LogP contribution in [0.25, 0.3) is 0 Å². The predicted octanol–water partition coefficient (Wildman–Crippen LogP) is 4.08. The Bertz CT molecular complexity index is 577. The third-order valence-electron chi connectivity index (χ3n) is 4.26. The molecule has 0 amide bonds. The molecular weight excluding hydrogens is 228 g/mol. The summed E-state index contributed by atoms with van der Waals surface area (Å²) in [6.07, 6.45) is 1.10. The average molecular weight is 241 g/mol. The molecule has 0 saturated heterocycles. The van der Waals surface area contributed by atoms with Crippen molar-refractivity contribution < 1.29 is 0 Å². The fourth-order valence-electron chi connectivity index (χ4n) is 3.53. The van der Waals surface area contributed by atoms with Crippen LogP contribution in [-0.2, 0) is 6.42 Å². The van der Waals surface area contributed by atoms with Gasteiger partial charge in [-0.15, -0.1) is 11.6 Å². The van der Waals surface area contributed by atoms with Crippen molar-refractivity contribution in [2.75, 3.05) is 0 Å². The standard InChI is InChI=1S/C16H13Cl/c17-16-14-9-10-5-1-2-6-11(10)15(16)13-8-4-3-7-12(13)14/h1-8,14-16H,9H2/t14-,15+,16-/m0/s1. The van der Waals surface area contributed by atoms with Crippen LogP contribution in [-0.4, -0.2) is 5.38 Å². The summed E-state index contributed by atoms with van der Waals surface area (Å²) >= 11 is 6.67. The van der Waals surface area contributed by atoms with Crippen molar-refractivity contribution in [1.29, 1.82) is 0 Å². The Balaban J connectivity index is 2.00. The summed E-state index contributed by atoms with van der Waals surface area (Å²) in [4.78, 5) is 0. The van der Waals surface area contributed by atoms with E-state index < -0.39 is 0 Å². The van der Waals surface area contributed by atoms with E-state index in [9.17, 15) is 0 Å². The molecule has 3 atom stereocenters. The highest BCUT2D eigenvalue weighted by atomic mass is 35.5. The van der Waals surface area contributed by atoms with E-state index in [1.165, 1.54) is 22.3 Å². The molecule has 2 aliphatic rings. The number of hydrogen-bond donors (Lipinski definition) is 0. The van der Waals surface area contributed by atoms with Gasteiger partial charge in [0.05, 0.1) is 5.38 Å². The molecule has 4 rings (SSSR count). The molecule has 0 fully saturated rings. The number of hydrogen-bond acceptors (Lipinski definition) is 0. The molecule has 0 N–H and O–H groups in total. The lowest BCUT2D eigenvalue weighted by atomic mass is 9.81. The van der Waals surface area contributed by atoms with Crippen molar-refractivity contribution in [3.8, 4) is 0 Å². The topological polar surface area (TPSA) is 0 Å². The second kappa shape index (κ2) is 3.36. The molecule has 0 nitrogen and oxygen atoms in total. The molecule has 17 heavy (non-hydrogen) atoms. The van der Waals surface area contributed by atoms with Crippen LogP contribution < -0.4 is 0 Å². The molecule has 0 unspecified atom stereocenters. The van der Waals surface area contributed by atoms with Gasteiger partial charge in [0.2, 0.25) is 0 Å². The lowest BCUT2D eigenvalue weighted by Gasteiger charge is -2.28. The van der Waals surface area contributed by atoms with Crippen LogP contribution in [0.1, 0.15) is 34.1 Å². The van der Waals surface area contributed by atoms with E-state index in [2.05, 4.69) is 48.5 Å². The molecule has 0 aliphatic heterocycles. The normalized spacial score (nSPS) is 28.6. The molecule has 1 heteroatoms. The van der Waals surface area contributed by atoms with E-state index >= 15 is 0 Å². The Kier molecular flexibility index (Phi) is 1.93. The summed E-state index contributed by atoms with van der Waals surface area (Å²) < 4.78 is 0. The van der Waals surface area contributed by atoms with Gasteiger partial charge in [-0.2, -0.15) is 0 Å². The van der Waals surface area contributed by atoms with Gasteiger partial charge < -0.3 is 0 Å². The van der Waals surface area contributed by atoms with Crippen molar-refractivity contribution in [2.45, 2.75) is 23.6 Å². The highest BCUT2D eigenvalue weighted by molar-refractivity contribution is 6.22. The molecule has 0 saturated carbocycles. The second-order valence-electron chi connectivity index (χ2n) is 5.06. The molecule has 2 aromatic carbocycles. The first-order valence-electron chi connectivity index (χ1n) is 6.17. The van der Waals surface area contributed by atoms with Crippen molar-refractivity contribution >= 4 is 11.6 Å². The van der Waals surface area contributed by atoms with E-state index in [0.29, 0.717) is 11.8 Å². The van der Waals surface area contributed by atoms with E-state index in [1.54, 1.807) is 0 Å². The van der Waals surface area contributed by atoms with Crippen LogP contribution in [0.2, 0.25) is 0 Å². The van der Waals surface area contributed by atoms with Crippen molar-refractivity contribution in [2.24, 2.45) is 0 Å². The monoisotopic (exact) mass is 240 g/mol. The van der Waals surface area contributed by atoms with Gasteiger partial charge >= 0.3 is 0 Å². The quantitative estimate of drug-likeness (QED) is 0.609. The largest absolute Gasteiger partial charge is 0.121 e. The second-order valence-corrected chi connectivity index (χ2v) is 5.56. The maximum absolute atomic E-state index is 6.67. The predicted molar refractivity (Wildman–Crippen MR) is 70.8 cm³/mol. The summed E-state index contributed by atoms with van der Waals surface area (Å²) in [6.45, 7) is 0.